The molecule has 1 aliphatic heterocycles. The molecule has 0 amide bonds. The average molecular weight is 215 g/mol. The highest BCUT2D eigenvalue weighted by molar-refractivity contribution is 5.68. The first-order chi connectivity index (χ1) is 7.06. The summed E-state index contributed by atoms with van der Waals surface area (Å²) in [6.45, 7) is 9.83. The number of rotatable bonds is 4. The zero-order chi connectivity index (χ0) is 11.3. The van der Waals surface area contributed by atoms with Crippen LogP contribution in [0.15, 0.2) is 0 Å². The lowest BCUT2D eigenvalue weighted by molar-refractivity contribution is -0.148. The van der Waals surface area contributed by atoms with E-state index in [2.05, 4.69) is 18.7 Å². The van der Waals surface area contributed by atoms with Crippen LogP contribution in [0.5, 0.6) is 0 Å². The third-order valence-corrected chi connectivity index (χ3v) is 2.74. The monoisotopic (exact) mass is 215 g/mol. The summed E-state index contributed by atoms with van der Waals surface area (Å²) in [7, 11) is 0. The lowest BCUT2D eigenvalue weighted by Gasteiger charge is -2.40. The molecule has 0 atom stereocenters. The molecule has 0 radical (unpaired) electrons. The third-order valence-electron chi connectivity index (χ3n) is 2.74. The van der Waals surface area contributed by atoms with Gasteiger partial charge < -0.3 is 9.47 Å². The predicted molar refractivity (Wildman–Crippen MR) is 57.7 cm³/mol. The minimum absolute atomic E-state index is 0.0887. The fourth-order valence-corrected chi connectivity index (χ4v) is 1.62. The van der Waals surface area contributed by atoms with Crippen molar-refractivity contribution in [1.82, 2.24) is 4.90 Å². The van der Waals surface area contributed by atoms with Crippen molar-refractivity contribution in [2.75, 3.05) is 32.9 Å². The van der Waals surface area contributed by atoms with Crippen LogP contribution in [0.3, 0.4) is 0 Å². The van der Waals surface area contributed by atoms with E-state index in [9.17, 15) is 4.79 Å². The van der Waals surface area contributed by atoms with Crippen molar-refractivity contribution in [3.8, 4) is 0 Å². The van der Waals surface area contributed by atoms with Gasteiger partial charge in [0.1, 0.15) is 6.61 Å². The Bertz CT molecular complexity index is 210. The number of nitrogens with zero attached hydrogens (tertiary/aromatic N) is 1. The highest BCUT2D eigenvalue weighted by Crippen LogP contribution is 2.16. The number of ether oxygens (including phenoxy) is 2. The fourth-order valence-electron chi connectivity index (χ4n) is 1.62. The molecule has 1 heterocycles. The maximum absolute atomic E-state index is 11.1. The van der Waals surface area contributed by atoms with Crippen LogP contribution >= 0.6 is 0 Å². The molecular weight excluding hydrogens is 194 g/mol. The van der Waals surface area contributed by atoms with Crippen molar-refractivity contribution >= 4 is 5.97 Å². The molecule has 0 spiro atoms. The van der Waals surface area contributed by atoms with Crippen molar-refractivity contribution in [2.24, 2.45) is 0 Å². The van der Waals surface area contributed by atoms with Gasteiger partial charge in [-0.25, -0.2) is 0 Å². The molecule has 1 aliphatic rings. The Hall–Kier alpha value is -0.610. The Labute approximate surface area is 91.5 Å². The number of morpholine rings is 1. The summed E-state index contributed by atoms with van der Waals surface area (Å²) in [5.74, 6) is -0.128. The Morgan fingerprint density at radius 2 is 2.00 bits per heavy atom. The van der Waals surface area contributed by atoms with Crippen molar-refractivity contribution < 1.29 is 14.3 Å². The van der Waals surface area contributed by atoms with Gasteiger partial charge in [0.05, 0.1) is 13.2 Å². The molecule has 0 unspecified atom stereocenters. The minimum atomic E-state index is -0.128. The van der Waals surface area contributed by atoms with Gasteiger partial charge in [-0.3, -0.25) is 9.69 Å². The number of esters is 1. The van der Waals surface area contributed by atoms with Crippen LogP contribution in [0.4, 0.5) is 0 Å². The molecule has 4 heteroatoms. The van der Waals surface area contributed by atoms with Crippen LogP contribution in [-0.2, 0) is 14.3 Å². The third kappa shape index (κ3) is 3.80. The van der Waals surface area contributed by atoms with E-state index in [-0.39, 0.29) is 11.5 Å². The van der Waals surface area contributed by atoms with E-state index in [1.54, 1.807) is 0 Å². The molecule has 1 rings (SSSR count). The molecule has 88 valence electrons. The minimum Gasteiger partial charge on any atom is -0.464 e. The van der Waals surface area contributed by atoms with Crippen LogP contribution in [0.1, 0.15) is 27.2 Å². The Morgan fingerprint density at radius 1 is 1.40 bits per heavy atom. The van der Waals surface area contributed by atoms with Crippen LogP contribution in [0.25, 0.3) is 0 Å². The molecule has 4 nitrogen and oxygen atoms in total. The highest BCUT2D eigenvalue weighted by atomic mass is 16.5. The summed E-state index contributed by atoms with van der Waals surface area (Å²) in [5, 5.41) is 0. The lowest BCUT2D eigenvalue weighted by atomic mass is 10.0. The van der Waals surface area contributed by atoms with Gasteiger partial charge in [-0.15, -0.1) is 0 Å². The van der Waals surface area contributed by atoms with Crippen LogP contribution in [-0.4, -0.2) is 49.3 Å². The Morgan fingerprint density at radius 3 is 2.53 bits per heavy atom. The fraction of sp³-hybridized carbons (Fsp3) is 0.909. The Kier molecular flexibility index (Phi) is 4.54. The second-order valence-electron chi connectivity index (χ2n) is 4.43. The first-order valence-electron chi connectivity index (χ1n) is 5.54. The van der Waals surface area contributed by atoms with Gasteiger partial charge in [-0.05, 0) is 13.8 Å². The Balaban J connectivity index is 2.38. The molecule has 1 fully saturated rings. The summed E-state index contributed by atoms with van der Waals surface area (Å²) >= 11 is 0. The van der Waals surface area contributed by atoms with Crippen LogP contribution in [0, 0.1) is 0 Å². The lowest BCUT2D eigenvalue weighted by Crippen LogP contribution is -2.52. The van der Waals surface area contributed by atoms with Crippen molar-refractivity contribution in [2.45, 2.75) is 32.7 Å². The van der Waals surface area contributed by atoms with Gasteiger partial charge in [-0.2, -0.15) is 0 Å². The summed E-state index contributed by atoms with van der Waals surface area (Å²) in [5.41, 5.74) is -0.0887. The van der Waals surface area contributed by atoms with E-state index in [0.29, 0.717) is 13.0 Å². The molecule has 0 aromatic rings. The maximum Gasteiger partial charge on any atom is 0.305 e. The summed E-state index contributed by atoms with van der Waals surface area (Å²) in [6, 6.07) is 0. The highest BCUT2D eigenvalue weighted by Gasteiger charge is 2.29. The van der Waals surface area contributed by atoms with Gasteiger partial charge in [0.15, 0.2) is 0 Å². The van der Waals surface area contributed by atoms with E-state index >= 15 is 0 Å². The molecular formula is C11H21NO3. The zero-order valence-electron chi connectivity index (χ0n) is 9.91. The molecule has 0 bridgehead atoms. The second-order valence-corrected chi connectivity index (χ2v) is 4.43. The first kappa shape index (κ1) is 12.5. The van der Waals surface area contributed by atoms with Gasteiger partial charge in [0.2, 0.25) is 0 Å². The number of carbonyl (C=O) groups excluding carboxylic acids is 1. The van der Waals surface area contributed by atoms with Crippen molar-refractivity contribution in [3.63, 3.8) is 0 Å². The first-order valence-corrected chi connectivity index (χ1v) is 5.54. The number of carbonyl (C=O) groups is 1. The topological polar surface area (TPSA) is 38.8 Å². The number of hydrogen-bond donors (Lipinski definition) is 0. The molecule has 0 N–H and O–H groups in total. The van der Waals surface area contributed by atoms with Crippen LogP contribution < -0.4 is 0 Å². The predicted octanol–water partition coefficient (Wildman–Crippen LogP) is 1.05. The van der Waals surface area contributed by atoms with E-state index in [4.69, 9.17) is 9.47 Å². The van der Waals surface area contributed by atoms with Crippen molar-refractivity contribution in [3.05, 3.63) is 0 Å². The van der Waals surface area contributed by atoms with Gasteiger partial charge in [-0.1, -0.05) is 6.92 Å². The average Bonchev–Trinajstić information content (AvgIpc) is 2.27. The standard InChI is InChI=1S/C11H21NO3/c1-4-10(13)15-9-11(2,3)12-5-7-14-8-6-12/h4-9H2,1-3H3. The quantitative estimate of drug-likeness (QED) is 0.657. The zero-order valence-corrected chi connectivity index (χ0v) is 9.91. The summed E-state index contributed by atoms with van der Waals surface area (Å²) in [6.07, 6.45) is 0.444. The maximum atomic E-state index is 11.1. The van der Waals surface area contributed by atoms with Crippen molar-refractivity contribution in [1.29, 1.82) is 0 Å². The largest absolute Gasteiger partial charge is 0.464 e. The summed E-state index contributed by atoms with van der Waals surface area (Å²) in [4.78, 5) is 13.4. The van der Waals surface area contributed by atoms with Gasteiger partial charge in [0, 0.05) is 25.0 Å². The molecule has 1 saturated heterocycles. The smallest absolute Gasteiger partial charge is 0.305 e. The normalized spacial score (nSPS) is 18.9. The van der Waals surface area contributed by atoms with E-state index in [0.717, 1.165) is 26.3 Å². The van der Waals surface area contributed by atoms with Gasteiger partial charge >= 0.3 is 5.97 Å². The summed E-state index contributed by atoms with van der Waals surface area (Å²) < 4.78 is 10.5. The van der Waals surface area contributed by atoms with Gasteiger partial charge in [0.25, 0.3) is 0 Å². The van der Waals surface area contributed by atoms with E-state index < -0.39 is 0 Å². The SMILES string of the molecule is CCC(=O)OCC(C)(C)N1CCOCC1. The number of hydrogen-bond acceptors (Lipinski definition) is 4. The molecule has 0 aliphatic carbocycles. The molecule has 0 aromatic heterocycles. The molecule has 0 saturated carbocycles. The van der Waals surface area contributed by atoms with Crippen LogP contribution in [0.2, 0.25) is 0 Å². The van der Waals surface area contributed by atoms with E-state index in [1.807, 2.05) is 6.92 Å². The van der Waals surface area contributed by atoms with E-state index in [1.165, 1.54) is 0 Å². The molecule has 15 heavy (non-hydrogen) atoms. The second kappa shape index (κ2) is 5.47. The molecule has 0 aromatic carbocycles.